The predicted molar refractivity (Wildman–Crippen MR) is 82.2 cm³/mol. The number of carboxylic acid groups (broad SMARTS) is 1. The lowest BCUT2D eigenvalue weighted by Gasteiger charge is -2.05. The van der Waals surface area contributed by atoms with E-state index in [-0.39, 0.29) is 5.56 Å². The molecule has 0 atom stereocenters. The number of nitrogens with zero attached hydrogens (tertiary/aromatic N) is 1. The third kappa shape index (κ3) is 3.82. The number of hydrogen-bond donors (Lipinski definition) is 2. The summed E-state index contributed by atoms with van der Waals surface area (Å²) in [6, 6.07) is 14.0. The summed E-state index contributed by atoms with van der Waals surface area (Å²) in [4.78, 5) is 10.8. The number of hydrazone groups is 1. The zero-order chi connectivity index (χ0) is 15.2. The van der Waals surface area contributed by atoms with Crippen molar-refractivity contribution < 1.29 is 14.6 Å². The minimum Gasteiger partial charge on any atom is -0.497 e. The van der Waals surface area contributed by atoms with Gasteiger partial charge in [-0.1, -0.05) is 0 Å². The Hall–Kier alpha value is -2.82. The molecule has 0 bridgehead atoms. The minimum atomic E-state index is -0.945. The van der Waals surface area contributed by atoms with Crippen LogP contribution < -0.4 is 10.2 Å². The van der Waals surface area contributed by atoms with Gasteiger partial charge in [0.15, 0.2) is 0 Å². The van der Waals surface area contributed by atoms with Crippen molar-refractivity contribution in [3.8, 4) is 5.75 Å². The number of anilines is 1. The molecule has 2 N–H and O–H groups in total. The largest absolute Gasteiger partial charge is 0.497 e. The summed E-state index contributed by atoms with van der Waals surface area (Å²) in [5.41, 5.74) is 5.67. The van der Waals surface area contributed by atoms with Crippen molar-refractivity contribution in [1.82, 2.24) is 0 Å². The summed E-state index contributed by atoms with van der Waals surface area (Å²) in [6.07, 6.45) is 0. The molecule has 0 unspecified atom stereocenters. The van der Waals surface area contributed by atoms with Crippen LogP contribution in [0.5, 0.6) is 5.75 Å². The van der Waals surface area contributed by atoms with Gasteiger partial charge in [-0.2, -0.15) is 5.10 Å². The van der Waals surface area contributed by atoms with Gasteiger partial charge < -0.3 is 9.84 Å². The van der Waals surface area contributed by atoms with E-state index >= 15 is 0 Å². The van der Waals surface area contributed by atoms with Gasteiger partial charge in [0, 0.05) is 0 Å². The van der Waals surface area contributed by atoms with Crippen molar-refractivity contribution >= 4 is 17.4 Å². The number of ether oxygens (including phenoxy) is 1. The highest BCUT2D eigenvalue weighted by atomic mass is 16.5. The van der Waals surface area contributed by atoms with Crippen LogP contribution in [0.15, 0.2) is 53.6 Å². The molecule has 108 valence electrons. The van der Waals surface area contributed by atoms with Gasteiger partial charge in [0.25, 0.3) is 0 Å². The first kappa shape index (κ1) is 14.6. The summed E-state index contributed by atoms with van der Waals surface area (Å²) < 4.78 is 5.11. The van der Waals surface area contributed by atoms with E-state index in [0.29, 0.717) is 0 Å². The average Bonchev–Trinajstić information content (AvgIpc) is 2.53. The van der Waals surface area contributed by atoms with Crippen LogP contribution in [0.1, 0.15) is 22.8 Å². The highest BCUT2D eigenvalue weighted by Gasteiger charge is 2.02. The Morgan fingerprint density at radius 3 is 2.14 bits per heavy atom. The number of aromatic carboxylic acids is 1. The molecule has 0 aliphatic heterocycles. The second-order valence-electron chi connectivity index (χ2n) is 4.42. The Morgan fingerprint density at radius 1 is 1.05 bits per heavy atom. The van der Waals surface area contributed by atoms with Gasteiger partial charge in [0.1, 0.15) is 5.75 Å². The van der Waals surface area contributed by atoms with Crippen LogP contribution in [0.3, 0.4) is 0 Å². The van der Waals surface area contributed by atoms with Crippen molar-refractivity contribution in [2.45, 2.75) is 6.92 Å². The Kier molecular flexibility index (Phi) is 4.56. The highest BCUT2D eigenvalue weighted by Crippen LogP contribution is 2.13. The number of carbonyl (C=O) groups is 1. The van der Waals surface area contributed by atoms with Crippen molar-refractivity contribution in [2.24, 2.45) is 5.10 Å². The summed E-state index contributed by atoms with van der Waals surface area (Å²) in [5.74, 6) is -0.150. The van der Waals surface area contributed by atoms with Gasteiger partial charge in [-0.25, -0.2) is 4.79 Å². The maximum absolute atomic E-state index is 10.8. The molecule has 2 aromatic carbocycles. The minimum absolute atomic E-state index is 0.247. The van der Waals surface area contributed by atoms with Gasteiger partial charge in [-0.05, 0) is 61.0 Å². The van der Waals surface area contributed by atoms with Crippen LogP contribution in [0.2, 0.25) is 0 Å². The lowest BCUT2D eigenvalue weighted by atomic mass is 10.1. The Bertz CT molecular complexity index is 646. The molecule has 0 aromatic heterocycles. The first-order valence-electron chi connectivity index (χ1n) is 6.38. The van der Waals surface area contributed by atoms with E-state index in [1.807, 2.05) is 31.2 Å². The molecule has 0 aliphatic rings. The molecular formula is C16H16N2O3. The highest BCUT2D eigenvalue weighted by molar-refractivity contribution is 5.99. The molecule has 2 rings (SSSR count). The van der Waals surface area contributed by atoms with Crippen LogP contribution >= 0.6 is 0 Å². The molecule has 0 amide bonds. The molecule has 5 nitrogen and oxygen atoms in total. The second kappa shape index (κ2) is 6.56. The molecule has 2 aromatic rings. The molecule has 0 radical (unpaired) electrons. The summed E-state index contributed by atoms with van der Waals surface area (Å²) in [6.45, 7) is 1.89. The summed E-state index contributed by atoms with van der Waals surface area (Å²) >= 11 is 0. The van der Waals surface area contributed by atoms with E-state index in [0.717, 1.165) is 22.7 Å². The van der Waals surface area contributed by atoms with Crippen molar-refractivity contribution in [1.29, 1.82) is 0 Å². The molecular weight excluding hydrogens is 268 g/mol. The van der Waals surface area contributed by atoms with Crippen LogP contribution in [0.25, 0.3) is 0 Å². The zero-order valence-corrected chi connectivity index (χ0v) is 11.8. The van der Waals surface area contributed by atoms with Crippen LogP contribution in [0.4, 0.5) is 5.69 Å². The van der Waals surface area contributed by atoms with Crippen LogP contribution in [-0.4, -0.2) is 23.9 Å². The zero-order valence-electron chi connectivity index (χ0n) is 11.8. The fourth-order valence-corrected chi connectivity index (χ4v) is 1.73. The normalized spacial score (nSPS) is 11.0. The average molecular weight is 284 g/mol. The van der Waals surface area contributed by atoms with E-state index in [2.05, 4.69) is 10.5 Å². The lowest BCUT2D eigenvalue weighted by Crippen LogP contribution is -2.00. The smallest absolute Gasteiger partial charge is 0.335 e. The molecule has 21 heavy (non-hydrogen) atoms. The van der Waals surface area contributed by atoms with Gasteiger partial charge in [0.05, 0.1) is 24.1 Å². The van der Waals surface area contributed by atoms with E-state index in [1.54, 1.807) is 19.2 Å². The SMILES string of the molecule is COc1ccc(/C(C)=N\Nc2ccc(C(=O)O)cc2)cc1. The first-order valence-corrected chi connectivity index (χ1v) is 6.38. The van der Waals surface area contributed by atoms with Crippen LogP contribution in [0, 0.1) is 0 Å². The molecule has 0 fully saturated rings. The maximum Gasteiger partial charge on any atom is 0.335 e. The number of hydrogen-bond acceptors (Lipinski definition) is 4. The van der Waals surface area contributed by atoms with Crippen molar-refractivity contribution in [2.75, 3.05) is 12.5 Å². The number of benzene rings is 2. The van der Waals surface area contributed by atoms with Crippen molar-refractivity contribution in [3.63, 3.8) is 0 Å². The third-order valence-electron chi connectivity index (χ3n) is 2.99. The van der Waals surface area contributed by atoms with Gasteiger partial charge in [-0.15, -0.1) is 0 Å². The molecule has 5 heteroatoms. The van der Waals surface area contributed by atoms with Crippen molar-refractivity contribution in [3.05, 3.63) is 59.7 Å². The number of methoxy groups -OCH3 is 1. The maximum atomic E-state index is 10.8. The Morgan fingerprint density at radius 2 is 1.62 bits per heavy atom. The first-order chi connectivity index (χ1) is 10.1. The predicted octanol–water partition coefficient (Wildman–Crippen LogP) is 3.23. The fourth-order valence-electron chi connectivity index (χ4n) is 1.73. The Labute approximate surface area is 122 Å². The number of rotatable bonds is 5. The van der Waals surface area contributed by atoms with Gasteiger partial charge in [0.2, 0.25) is 0 Å². The standard InChI is InChI=1S/C16H16N2O3/c1-11(12-5-9-15(21-2)10-6-12)17-18-14-7-3-13(4-8-14)16(19)20/h3-10,18H,1-2H3,(H,19,20)/b17-11-. The lowest BCUT2D eigenvalue weighted by molar-refractivity contribution is 0.0697. The quantitative estimate of drug-likeness (QED) is 0.653. The van der Waals surface area contributed by atoms with Gasteiger partial charge in [-0.3, -0.25) is 5.43 Å². The Balaban J connectivity index is 2.06. The van der Waals surface area contributed by atoms with E-state index in [4.69, 9.17) is 9.84 Å². The monoisotopic (exact) mass is 284 g/mol. The van der Waals surface area contributed by atoms with E-state index in [9.17, 15) is 4.79 Å². The topological polar surface area (TPSA) is 70.9 Å². The summed E-state index contributed by atoms with van der Waals surface area (Å²) in [7, 11) is 1.62. The molecule has 0 saturated carbocycles. The second-order valence-corrected chi connectivity index (χ2v) is 4.42. The number of carboxylic acids is 1. The molecule has 0 aliphatic carbocycles. The molecule has 0 spiro atoms. The number of nitrogens with one attached hydrogen (secondary N) is 1. The molecule has 0 saturated heterocycles. The van der Waals surface area contributed by atoms with Crippen LogP contribution in [-0.2, 0) is 0 Å². The van der Waals surface area contributed by atoms with E-state index < -0.39 is 5.97 Å². The van der Waals surface area contributed by atoms with E-state index in [1.165, 1.54) is 12.1 Å². The third-order valence-corrected chi connectivity index (χ3v) is 2.99. The summed E-state index contributed by atoms with van der Waals surface area (Å²) in [5, 5.41) is 13.1. The fraction of sp³-hybridized carbons (Fsp3) is 0.125. The molecule has 0 heterocycles. The van der Waals surface area contributed by atoms with Gasteiger partial charge >= 0.3 is 5.97 Å².